The van der Waals surface area contributed by atoms with E-state index >= 15 is 0 Å². The van der Waals surface area contributed by atoms with Crippen molar-refractivity contribution < 1.29 is 0 Å². The molecule has 2 nitrogen and oxygen atoms in total. The van der Waals surface area contributed by atoms with Crippen LogP contribution in [-0.4, -0.2) is 0 Å². The molecule has 0 heterocycles. The summed E-state index contributed by atoms with van der Waals surface area (Å²) >= 11 is 0. The van der Waals surface area contributed by atoms with E-state index in [1.54, 1.807) is 0 Å². The smallest absolute Gasteiger partial charge is 0.0469 e. The van der Waals surface area contributed by atoms with E-state index in [1.165, 1.54) is 11.1 Å². The van der Waals surface area contributed by atoms with Crippen LogP contribution in [0.5, 0.6) is 0 Å². The molecule has 92 valence electrons. The molecular formula is C15H22N2. The van der Waals surface area contributed by atoms with Gasteiger partial charge in [-0.05, 0) is 30.4 Å². The minimum absolute atomic E-state index is 0.192. The van der Waals surface area contributed by atoms with Crippen LogP contribution >= 0.6 is 0 Å². The van der Waals surface area contributed by atoms with Crippen LogP contribution in [0.15, 0.2) is 24.3 Å². The van der Waals surface area contributed by atoms with Gasteiger partial charge >= 0.3 is 0 Å². The van der Waals surface area contributed by atoms with Gasteiger partial charge in [0.2, 0.25) is 0 Å². The van der Waals surface area contributed by atoms with E-state index < -0.39 is 0 Å². The fourth-order valence-electron chi connectivity index (χ4n) is 1.80. The molecule has 1 atom stereocenters. The predicted molar refractivity (Wildman–Crippen MR) is 73.3 cm³/mol. The van der Waals surface area contributed by atoms with Crippen LogP contribution in [0.25, 0.3) is 0 Å². The lowest BCUT2D eigenvalue weighted by Crippen LogP contribution is -2.27. The van der Waals surface area contributed by atoms with Crippen LogP contribution in [0.1, 0.15) is 56.7 Å². The molecule has 0 fully saturated rings. The Kier molecular flexibility index (Phi) is 5.76. The largest absolute Gasteiger partial charge is 0.271 e. The highest BCUT2D eigenvalue weighted by Gasteiger charge is 2.08. The van der Waals surface area contributed by atoms with Crippen LogP contribution < -0.4 is 11.3 Å². The van der Waals surface area contributed by atoms with E-state index in [0.717, 1.165) is 12.8 Å². The molecule has 3 N–H and O–H groups in total. The molecule has 0 radical (unpaired) electrons. The molecule has 1 aromatic rings. The Morgan fingerprint density at radius 1 is 1.18 bits per heavy atom. The van der Waals surface area contributed by atoms with Crippen molar-refractivity contribution in [2.45, 2.75) is 45.6 Å². The third-order valence-corrected chi connectivity index (χ3v) is 2.94. The number of hydrogen-bond donors (Lipinski definition) is 2. The van der Waals surface area contributed by atoms with Gasteiger partial charge in [0.25, 0.3) is 0 Å². The maximum Gasteiger partial charge on any atom is 0.0469 e. The summed E-state index contributed by atoms with van der Waals surface area (Å²) in [6, 6.07) is 8.85. The van der Waals surface area contributed by atoms with Crippen molar-refractivity contribution in [2.75, 3.05) is 0 Å². The van der Waals surface area contributed by atoms with Gasteiger partial charge in [0.15, 0.2) is 0 Å². The second kappa shape index (κ2) is 7.11. The fraction of sp³-hybridized carbons (Fsp3) is 0.467. The number of benzene rings is 1. The van der Waals surface area contributed by atoms with Crippen molar-refractivity contribution in [1.29, 1.82) is 0 Å². The lowest BCUT2D eigenvalue weighted by molar-refractivity contribution is 0.523. The number of hydrogen-bond acceptors (Lipinski definition) is 2. The molecule has 0 spiro atoms. The Morgan fingerprint density at radius 3 is 2.24 bits per heavy atom. The van der Waals surface area contributed by atoms with Crippen LogP contribution in [0.4, 0.5) is 0 Å². The first-order chi connectivity index (χ1) is 8.19. The molecule has 0 saturated heterocycles. The molecule has 0 aliphatic heterocycles. The molecule has 0 amide bonds. The van der Waals surface area contributed by atoms with Gasteiger partial charge in [0, 0.05) is 12.5 Å². The standard InChI is InChI=1S/C15H22N2/c1-4-5-6-7-15(17-16)14-10-8-13(9-11-14)12(2)3/h8-12,15,17H,6-7,16H2,1-3H3. The molecule has 1 unspecified atom stereocenters. The number of nitrogens with two attached hydrogens (primary N) is 1. The van der Waals surface area contributed by atoms with Gasteiger partial charge in [0.1, 0.15) is 0 Å². The first kappa shape index (κ1) is 13.8. The van der Waals surface area contributed by atoms with Gasteiger partial charge in [-0.25, -0.2) is 0 Å². The van der Waals surface area contributed by atoms with E-state index in [9.17, 15) is 0 Å². The monoisotopic (exact) mass is 230 g/mol. The number of nitrogens with one attached hydrogen (secondary N) is 1. The molecule has 17 heavy (non-hydrogen) atoms. The van der Waals surface area contributed by atoms with Gasteiger partial charge in [-0.15, -0.1) is 11.8 Å². The van der Waals surface area contributed by atoms with Gasteiger partial charge in [-0.1, -0.05) is 38.1 Å². The third kappa shape index (κ3) is 4.22. The summed E-state index contributed by atoms with van der Waals surface area (Å²) in [4.78, 5) is 0. The zero-order valence-corrected chi connectivity index (χ0v) is 11.0. The third-order valence-electron chi connectivity index (χ3n) is 2.94. The van der Waals surface area contributed by atoms with E-state index in [4.69, 9.17) is 5.84 Å². The molecule has 1 rings (SSSR count). The normalized spacial score (nSPS) is 12.1. The Hall–Kier alpha value is -1.30. The second-order valence-electron chi connectivity index (χ2n) is 4.51. The second-order valence-corrected chi connectivity index (χ2v) is 4.51. The minimum atomic E-state index is 0.192. The summed E-state index contributed by atoms with van der Waals surface area (Å²) < 4.78 is 0. The van der Waals surface area contributed by atoms with Crippen LogP contribution in [0.2, 0.25) is 0 Å². The number of hydrazine groups is 1. The lowest BCUT2D eigenvalue weighted by atomic mass is 9.97. The zero-order valence-electron chi connectivity index (χ0n) is 11.0. The molecule has 2 heteroatoms. The topological polar surface area (TPSA) is 38.0 Å². The van der Waals surface area contributed by atoms with Crippen molar-refractivity contribution >= 4 is 0 Å². The van der Waals surface area contributed by atoms with Gasteiger partial charge in [-0.2, -0.15) is 0 Å². The van der Waals surface area contributed by atoms with Crippen molar-refractivity contribution in [3.8, 4) is 11.8 Å². The van der Waals surface area contributed by atoms with Crippen molar-refractivity contribution in [1.82, 2.24) is 5.43 Å². The zero-order chi connectivity index (χ0) is 12.7. The average molecular weight is 230 g/mol. The summed E-state index contributed by atoms with van der Waals surface area (Å²) in [5.41, 5.74) is 5.45. The fourth-order valence-corrected chi connectivity index (χ4v) is 1.80. The van der Waals surface area contributed by atoms with E-state index in [0.29, 0.717) is 5.92 Å². The van der Waals surface area contributed by atoms with E-state index in [-0.39, 0.29) is 6.04 Å². The lowest BCUT2D eigenvalue weighted by Gasteiger charge is -2.16. The maximum absolute atomic E-state index is 5.59. The first-order valence-corrected chi connectivity index (χ1v) is 6.14. The molecule has 0 aliphatic rings. The van der Waals surface area contributed by atoms with Crippen LogP contribution in [-0.2, 0) is 0 Å². The van der Waals surface area contributed by atoms with E-state index in [1.807, 2.05) is 6.92 Å². The SMILES string of the molecule is CC#CCCC(NN)c1ccc(C(C)C)cc1. The van der Waals surface area contributed by atoms with Crippen LogP contribution in [0.3, 0.4) is 0 Å². The Labute approximate surface area is 105 Å². The predicted octanol–water partition coefficient (Wildman–Crippen LogP) is 3.12. The Balaban J connectivity index is 2.70. The summed E-state index contributed by atoms with van der Waals surface area (Å²) in [6.45, 7) is 6.26. The number of rotatable bonds is 5. The molecular weight excluding hydrogens is 208 g/mol. The Morgan fingerprint density at radius 2 is 1.76 bits per heavy atom. The van der Waals surface area contributed by atoms with E-state index in [2.05, 4.69) is 55.4 Å². The van der Waals surface area contributed by atoms with Crippen molar-refractivity contribution in [3.63, 3.8) is 0 Å². The summed E-state index contributed by atoms with van der Waals surface area (Å²) in [5.74, 6) is 12.1. The Bertz CT molecular complexity index is 382. The molecule has 0 aliphatic carbocycles. The molecule has 0 saturated carbocycles. The molecule has 0 aromatic heterocycles. The van der Waals surface area contributed by atoms with Gasteiger partial charge in [0.05, 0.1) is 0 Å². The highest BCUT2D eigenvalue weighted by molar-refractivity contribution is 5.26. The van der Waals surface area contributed by atoms with Gasteiger partial charge < -0.3 is 0 Å². The molecule has 0 bridgehead atoms. The summed E-state index contributed by atoms with van der Waals surface area (Å²) in [5, 5.41) is 0. The first-order valence-electron chi connectivity index (χ1n) is 6.14. The maximum atomic E-state index is 5.59. The van der Waals surface area contributed by atoms with Crippen molar-refractivity contribution in [3.05, 3.63) is 35.4 Å². The average Bonchev–Trinajstić information content (AvgIpc) is 2.35. The quantitative estimate of drug-likeness (QED) is 0.463. The van der Waals surface area contributed by atoms with Crippen molar-refractivity contribution in [2.24, 2.45) is 5.84 Å². The van der Waals surface area contributed by atoms with Gasteiger partial charge in [-0.3, -0.25) is 11.3 Å². The van der Waals surface area contributed by atoms with Crippen LogP contribution in [0, 0.1) is 11.8 Å². The summed E-state index contributed by atoms with van der Waals surface area (Å²) in [6.07, 6.45) is 1.82. The summed E-state index contributed by atoms with van der Waals surface area (Å²) in [7, 11) is 0. The minimum Gasteiger partial charge on any atom is -0.271 e. The molecule has 1 aromatic carbocycles. The highest BCUT2D eigenvalue weighted by atomic mass is 15.2. The highest BCUT2D eigenvalue weighted by Crippen LogP contribution is 2.21.